The van der Waals surface area contributed by atoms with E-state index in [1.807, 2.05) is 12.1 Å². The van der Waals surface area contributed by atoms with Gasteiger partial charge in [0.15, 0.2) is 5.11 Å². The van der Waals surface area contributed by atoms with Crippen molar-refractivity contribution in [2.24, 2.45) is 10.8 Å². The van der Waals surface area contributed by atoms with E-state index >= 15 is 0 Å². The molecule has 4 rings (SSSR count). The molecule has 0 fully saturated rings. The van der Waals surface area contributed by atoms with E-state index in [4.69, 9.17) is 34.1 Å². The van der Waals surface area contributed by atoms with Gasteiger partial charge in [0.25, 0.3) is 5.69 Å². The molecule has 0 bridgehead atoms. The standard InChI is InChI=1S/C20H16ClN5O3S/c1-11-18(19(24-29-11)13-4-8-15(9-5-13)26(27)28)16-10-17(25(23-16)20(22)30)12-2-6-14(21)7-3-12/h2-9,17H,10H2,1H3,(H2,22,30). The van der Waals surface area contributed by atoms with Crippen LogP contribution in [-0.2, 0) is 0 Å². The van der Waals surface area contributed by atoms with Gasteiger partial charge in [0.05, 0.1) is 22.2 Å². The minimum absolute atomic E-state index is 0.00109. The van der Waals surface area contributed by atoms with Crippen molar-refractivity contribution in [3.8, 4) is 11.3 Å². The van der Waals surface area contributed by atoms with Gasteiger partial charge < -0.3 is 10.3 Å². The van der Waals surface area contributed by atoms with Crippen molar-refractivity contribution in [2.75, 3.05) is 0 Å². The molecule has 0 radical (unpaired) electrons. The molecule has 152 valence electrons. The minimum Gasteiger partial charge on any atom is -0.375 e. The van der Waals surface area contributed by atoms with E-state index in [1.165, 1.54) is 12.1 Å². The van der Waals surface area contributed by atoms with Crippen LogP contribution in [0.4, 0.5) is 5.69 Å². The van der Waals surface area contributed by atoms with Crippen LogP contribution >= 0.6 is 23.8 Å². The summed E-state index contributed by atoms with van der Waals surface area (Å²) in [5, 5.41) is 22.1. The number of hydrogen-bond donors (Lipinski definition) is 1. The van der Waals surface area contributed by atoms with Gasteiger partial charge in [0, 0.05) is 29.1 Å². The third-order valence-electron chi connectivity index (χ3n) is 4.89. The number of thiocarbonyl (C=S) groups is 1. The second kappa shape index (κ2) is 7.85. The Morgan fingerprint density at radius 2 is 1.93 bits per heavy atom. The maximum Gasteiger partial charge on any atom is 0.269 e. The summed E-state index contributed by atoms with van der Waals surface area (Å²) < 4.78 is 5.43. The molecule has 1 aliphatic heterocycles. The number of hydrogen-bond acceptors (Lipinski definition) is 6. The van der Waals surface area contributed by atoms with E-state index in [2.05, 4.69) is 10.3 Å². The molecule has 2 aromatic carbocycles. The van der Waals surface area contributed by atoms with Gasteiger partial charge >= 0.3 is 0 Å². The zero-order valence-electron chi connectivity index (χ0n) is 15.8. The van der Waals surface area contributed by atoms with Crippen LogP contribution in [0.1, 0.15) is 29.3 Å². The first-order valence-electron chi connectivity index (χ1n) is 8.98. The summed E-state index contributed by atoms with van der Waals surface area (Å²) in [7, 11) is 0. The Hall–Kier alpha value is -3.30. The van der Waals surface area contributed by atoms with Gasteiger partial charge in [0.1, 0.15) is 11.5 Å². The third kappa shape index (κ3) is 3.64. The van der Waals surface area contributed by atoms with E-state index in [0.717, 1.165) is 16.8 Å². The predicted molar refractivity (Wildman–Crippen MR) is 117 cm³/mol. The largest absolute Gasteiger partial charge is 0.375 e. The van der Waals surface area contributed by atoms with Gasteiger partial charge in [-0.2, -0.15) is 5.10 Å². The molecule has 8 nitrogen and oxygen atoms in total. The summed E-state index contributed by atoms with van der Waals surface area (Å²) in [5.74, 6) is 0.585. The van der Waals surface area contributed by atoms with E-state index in [-0.39, 0.29) is 16.8 Å². The molecule has 3 aromatic rings. The Morgan fingerprint density at radius 1 is 1.27 bits per heavy atom. The van der Waals surface area contributed by atoms with Crippen molar-refractivity contribution in [1.82, 2.24) is 10.2 Å². The van der Waals surface area contributed by atoms with Gasteiger partial charge in [0.2, 0.25) is 0 Å². The number of aromatic nitrogens is 1. The summed E-state index contributed by atoms with van der Waals surface area (Å²) in [6, 6.07) is 13.4. The fourth-order valence-electron chi connectivity index (χ4n) is 3.46. The van der Waals surface area contributed by atoms with E-state index < -0.39 is 4.92 Å². The maximum atomic E-state index is 10.9. The highest BCUT2D eigenvalue weighted by atomic mass is 35.5. The Morgan fingerprint density at radius 3 is 2.53 bits per heavy atom. The van der Waals surface area contributed by atoms with Crippen molar-refractivity contribution in [3.63, 3.8) is 0 Å². The van der Waals surface area contributed by atoms with Crippen LogP contribution in [0.15, 0.2) is 58.2 Å². The van der Waals surface area contributed by atoms with E-state index in [1.54, 1.807) is 36.2 Å². The molecule has 2 heterocycles. The quantitative estimate of drug-likeness (QED) is 0.357. The number of nitro groups is 1. The fourth-order valence-corrected chi connectivity index (χ4v) is 3.75. The lowest BCUT2D eigenvalue weighted by molar-refractivity contribution is -0.384. The molecule has 0 saturated heterocycles. The monoisotopic (exact) mass is 441 g/mol. The van der Waals surface area contributed by atoms with Crippen LogP contribution in [0.5, 0.6) is 0 Å². The number of non-ortho nitro benzene ring substituents is 1. The molecule has 1 aromatic heterocycles. The summed E-state index contributed by atoms with van der Waals surface area (Å²) in [4.78, 5) is 10.5. The lowest BCUT2D eigenvalue weighted by Crippen LogP contribution is -2.31. The van der Waals surface area contributed by atoms with Gasteiger partial charge in [-0.25, -0.2) is 5.01 Å². The van der Waals surface area contributed by atoms with E-state index in [9.17, 15) is 10.1 Å². The molecule has 0 aliphatic carbocycles. The highest BCUT2D eigenvalue weighted by Gasteiger charge is 2.33. The molecular formula is C20H16ClN5O3S. The molecule has 1 aliphatic rings. The number of aryl methyl sites for hydroxylation is 1. The SMILES string of the molecule is Cc1onc(-c2ccc([N+](=O)[O-])cc2)c1C1=NN(C(N)=S)C(c2ccc(Cl)cc2)C1. The zero-order chi connectivity index (χ0) is 21.4. The number of nitro benzene ring substituents is 1. The molecule has 0 spiro atoms. The predicted octanol–water partition coefficient (Wildman–Crippen LogP) is 4.61. The lowest BCUT2D eigenvalue weighted by Gasteiger charge is -2.21. The topological polar surface area (TPSA) is 111 Å². The lowest BCUT2D eigenvalue weighted by atomic mass is 9.95. The third-order valence-corrected chi connectivity index (χ3v) is 5.33. The van der Waals surface area contributed by atoms with Crippen LogP contribution in [0.3, 0.4) is 0 Å². The Bertz CT molecular complexity index is 1160. The van der Waals surface area contributed by atoms with Gasteiger partial charge in [-0.1, -0.05) is 28.9 Å². The summed E-state index contributed by atoms with van der Waals surface area (Å²) >= 11 is 11.2. The average molecular weight is 442 g/mol. The summed E-state index contributed by atoms with van der Waals surface area (Å²) in [5.41, 5.74) is 9.58. The van der Waals surface area contributed by atoms with Crippen LogP contribution in [0.25, 0.3) is 11.3 Å². The molecule has 2 N–H and O–H groups in total. The molecule has 1 unspecified atom stereocenters. The highest BCUT2D eigenvalue weighted by molar-refractivity contribution is 7.80. The summed E-state index contributed by atoms with van der Waals surface area (Å²) in [6.07, 6.45) is 0.529. The Labute approximate surface area is 182 Å². The Balaban J connectivity index is 1.73. The first-order valence-corrected chi connectivity index (χ1v) is 9.77. The van der Waals surface area contributed by atoms with Crippen LogP contribution < -0.4 is 5.73 Å². The van der Waals surface area contributed by atoms with Gasteiger partial charge in [-0.05, 0) is 49.0 Å². The number of benzene rings is 2. The number of nitrogens with zero attached hydrogens (tertiary/aromatic N) is 4. The number of halogens is 1. The van der Waals surface area contributed by atoms with E-state index in [0.29, 0.717) is 28.5 Å². The summed E-state index contributed by atoms with van der Waals surface area (Å²) in [6.45, 7) is 1.79. The van der Waals surface area contributed by atoms with Crippen LogP contribution in [0, 0.1) is 17.0 Å². The molecule has 0 amide bonds. The first-order chi connectivity index (χ1) is 14.3. The van der Waals surface area contributed by atoms with Crippen LogP contribution in [0.2, 0.25) is 5.02 Å². The first kappa shape index (κ1) is 20.0. The van der Waals surface area contributed by atoms with Crippen molar-refractivity contribution in [3.05, 3.63) is 80.6 Å². The smallest absolute Gasteiger partial charge is 0.269 e. The Kier molecular flexibility index (Phi) is 5.23. The van der Waals surface area contributed by atoms with Crippen molar-refractivity contribution in [2.45, 2.75) is 19.4 Å². The number of nitrogens with two attached hydrogens (primary N) is 1. The van der Waals surface area contributed by atoms with Crippen LogP contribution in [-0.4, -0.2) is 25.9 Å². The second-order valence-electron chi connectivity index (χ2n) is 6.77. The molecular weight excluding hydrogens is 426 g/mol. The molecule has 30 heavy (non-hydrogen) atoms. The number of hydrazone groups is 1. The zero-order valence-corrected chi connectivity index (χ0v) is 17.4. The normalized spacial score (nSPS) is 15.9. The molecule has 0 saturated carbocycles. The van der Waals surface area contributed by atoms with Gasteiger partial charge in [-0.3, -0.25) is 10.1 Å². The number of rotatable bonds is 4. The second-order valence-corrected chi connectivity index (χ2v) is 7.62. The van der Waals surface area contributed by atoms with Gasteiger partial charge in [-0.15, -0.1) is 0 Å². The average Bonchev–Trinajstić information content (AvgIpc) is 3.32. The minimum atomic E-state index is -0.448. The van der Waals surface area contributed by atoms with Crippen molar-refractivity contribution >= 4 is 40.3 Å². The molecule has 10 heteroatoms. The van der Waals surface area contributed by atoms with Crippen molar-refractivity contribution < 1.29 is 9.45 Å². The molecule has 1 atom stereocenters. The van der Waals surface area contributed by atoms with Crippen molar-refractivity contribution in [1.29, 1.82) is 0 Å². The fraction of sp³-hybridized carbons (Fsp3) is 0.150. The maximum absolute atomic E-state index is 10.9. The highest BCUT2D eigenvalue weighted by Crippen LogP contribution is 2.37.